The van der Waals surface area contributed by atoms with Crippen LogP contribution >= 0.6 is 0 Å². The molecular formula is C19H24N2O4. The Morgan fingerprint density at radius 1 is 1.24 bits per heavy atom. The molecule has 0 radical (unpaired) electrons. The first kappa shape index (κ1) is 20.2. The van der Waals surface area contributed by atoms with Crippen LogP contribution in [0.1, 0.15) is 40.2 Å². The highest BCUT2D eigenvalue weighted by Crippen LogP contribution is 2.31. The van der Waals surface area contributed by atoms with Crippen LogP contribution in [0.15, 0.2) is 23.8 Å². The summed E-state index contributed by atoms with van der Waals surface area (Å²) >= 11 is 0. The minimum Gasteiger partial charge on any atom is -0.493 e. The average Bonchev–Trinajstić information content (AvgIpc) is 2.51. The topological polar surface area (TPSA) is 88.4 Å². The highest BCUT2D eigenvalue weighted by atomic mass is 16.6. The molecule has 0 atom stereocenters. The minimum atomic E-state index is -0.646. The number of amides is 1. The smallest absolute Gasteiger partial charge is 0.316 e. The van der Waals surface area contributed by atoms with Crippen molar-refractivity contribution >= 4 is 18.0 Å². The van der Waals surface area contributed by atoms with E-state index in [1.165, 1.54) is 13.2 Å². The lowest BCUT2D eigenvalue weighted by atomic mass is 9.97. The van der Waals surface area contributed by atoms with Crippen molar-refractivity contribution in [1.29, 1.82) is 5.26 Å². The first-order valence-electron chi connectivity index (χ1n) is 7.91. The number of ether oxygens (including phenoxy) is 2. The van der Waals surface area contributed by atoms with Gasteiger partial charge < -0.3 is 14.8 Å². The summed E-state index contributed by atoms with van der Waals surface area (Å²) in [5, 5.41) is 11.8. The maximum Gasteiger partial charge on any atom is 0.316 e. The maximum absolute atomic E-state index is 12.0. The summed E-state index contributed by atoms with van der Waals surface area (Å²) in [7, 11) is 1.45. The number of rotatable bonds is 5. The molecule has 1 amide bonds. The lowest BCUT2D eigenvalue weighted by Crippen LogP contribution is -2.30. The van der Waals surface area contributed by atoms with Crippen LogP contribution in [0.4, 0.5) is 0 Å². The van der Waals surface area contributed by atoms with Crippen LogP contribution in [-0.2, 0) is 9.59 Å². The molecule has 0 heterocycles. The van der Waals surface area contributed by atoms with Gasteiger partial charge in [-0.3, -0.25) is 9.59 Å². The van der Waals surface area contributed by atoms with Crippen molar-refractivity contribution in [2.24, 2.45) is 5.41 Å². The highest BCUT2D eigenvalue weighted by molar-refractivity contribution is 6.01. The zero-order valence-electron chi connectivity index (χ0n) is 15.5. The standard InChI is InChI=1S/C19H24N2O4/c1-12(2)21-17(22)14(11-20)9-13-7-8-15(16(10-13)24-6)25-18(23)19(3,4)5/h7-10,12H,1-6H3,(H,21,22)/b14-9+. The molecule has 0 aliphatic carbocycles. The molecule has 0 saturated carbocycles. The molecule has 0 saturated heterocycles. The van der Waals surface area contributed by atoms with Gasteiger partial charge in [-0.1, -0.05) is 6.07 Å². The van der Waals surface area contributed by atoms with E-state index in [2.05, 4.69) is 5.32 Å². The Labute approximate surface area is 148 Å². The number of carbonyl (C=O) groups excluding carboxylic acids is 2. The van der Waals surface area contributed by atoms with Crippen molar-refractivity contribution in [2.75, 3.05) is 7.11 Å². The van der Waals surface area contributed by atoms with Crippen LogP contribution < -0.4 is 14.8 Å². The molecule has 1 aromatic carbocycles. The lowest BCUT2D eigenvalue weighted by molar-refractivity contribution is -0.143. The fourth-order valence-electron chi connectivity index (χ4n) is 1.77. The van der Waals surface area contributed by atoms with Gasteiger partial charge in [0.2, 0.25) is 0 Å². The molecule has 0 aromatic heterocycles. The van der Waals surface area contributed by atoms with Crippen LogP contribution in [0.25, 0.3) is 6.08 Å². The summed E-state index contributed by atoms with van der Waals surface area (Å²) < 4.78 is 10.6. The number of carbonyl (C=O) groups is 2. The van der Waals surface area contributed by atoms with Gasteiger partial charge in [-0.2, -0.15) is 5.26 Å². The molecular weight excluding hydrogens is 320 g/mol. The Morgan fingerprint density at radius 3 is 2.36 bits per heavy atom. The molecule has 0 spiro atoms. The van der Waals surface area contributed by atoms with Crippen molar-refractivity contribution in [3.05, 3.63) is 29.3 Å². The van der Waals surface area contributed by atoms with E-state index in [9.17, 15) is 14.9 Å². The van der Waals surface area contributed by atoms with Gasteiger partial charge in [-0.15, -0.1) is 0 Å². The van der Waals surface area contributed by atoms with Crippen LogP contribution in [0, 0.1) is 16.7 Å². The molecule has 6 nitrogen and oxygen atoms in total. The number of benzene rings is 1. The number of methoxy groups -OCH3 is 1. The van der Waals surface area contributed by atoms with Gasteiger partial charge in [-0.25, -0.2) is 0 Å². The summed E-state index contributed by atoms with van der Waals surface area (Å²) in [5.74, 6) is -0.208. The molecule has 1 rings (SSSR count). The van der Waals surface area contributed by atoms with Crippen molar-refractivity contribution in [3.63, 3.8) is 0 Å². The average molecular weight is 344 g/mol. The fraction of sp³-hybridized carbons (Fsp3) is 0.421. The van der Waals surface area contributed by atoms with Gasteiger partial charge in [0.15, 0.2) is 11.5 Å². The van der Waals surface area contributed by atoms with E-state index in [-0.39, 0.29) is 23.3 Å². The Kier molecular flexibility index (Phi) is 6.75. The van der Waals surface area contributed by atoms with Gasteiger partial charge in [0.1, 0.15) is 11.6 Å². The summed E-state index contributed by atoms with van der Waals surface area (Å²) in [5.41, 5.74) is -0.0787. The quantitative estimate of drug-likeness (QED) is 0.384. The Hall–Kier alpha value is -2.81. The number of nitrogens with zero attached hydrogens (tertiary/aromatic N) is 1. The van der Waals surface area contributed by atoms with Crippen molar-refractivity contribution in [3.8, 4) is 17.6 Å². The predicted octanol–water partition coefficient (Wildman–Crippen LogP) is 3.08. The van der Waals surface area contributed by atoms with E-state index in [1.54, 1.807) is 39.0 Å². The molecule has 6 heteroatoms. The summed E-state index contributed by atoms with van der Waals surface area (Å²) in [4.78, 5) is 24.0. The molecule has 0 aliphatic rings. The van der Waals surface area contributed by atoms with E-state index in [0.717, 1.165) is 0 Å². The summed E-state index contributed by atoms with van der Waals surface area (Å²) in [6.45, 7) is 8.89. The van der Waals surface area contributed by atoms with Crippen molar-refractivity contribution in [1.82, 2.24) is 5.32 Å². The third-order valence-electron chi connectivity index (χ3n) is 3.10. The molecule has 0 bridgehead atoms. The minimum absolute atomic E-state index is 0.0183. The van der Waals surface area contributed by atoms with Gasteiger partial charge in [0.05, 0.1) is 12.5 Å². The second kappa shape index (κ2) is 8.34. The third kappa shape index (κ3) is 5.96. The Balaban J connectivity index is 3.12. The normalized spacial score (nSPS) is 11.7. The second-order valence-corrected chi connectivity index (χ2v) is 6.85. The van der Waals surface area contributed by atoms with Crippen LogP contribution in [-0.4, -0.2) is 25.0 Å². The van der Waals surface area contributed by atoms with E-state index >= 15 is 0 Å². The predicted molar refractivity (Wildman–Crippen MR) is 95.0 cm³/mol. The molecule has 1 aromatic rings. The van der Waals surface area contributed by atoms with Gasteiger partial charge in [-0.05, 0) is 58.4 Å². The highest BCUT2D eigenvalue weighted by Gasteiger charge is 2.25. The van der Waals surface area contributed by atoms with E-state index in [0.29, 0.717) is 11.3 Å². The molecule has 0 aliphatic heterocycles. The Morgan fingerprint density at radius 2 is 1.88 bits per heavy atom. The zero-order chi connectivity index (χ0) is 19.2. The van der Waals surface area contributed by atoms with Gasteiger partial charge in [0, 0.05) is 6.04 Å². The molecule has 1 N–H and O–H groups in total. The summed E-state index contributed by atoms with van der Waals surface area (Å²) in [6, 6.07) is 6.63. The largest absolute Gasteiger partial charge is 0.493 e. The third-order valence-corrected chi connectivity index (χ3v) is 3.10. The second-order valence-electron chi connectivity index (χ2n) is 6.85. The lowest BCUT2D eigenvalue weighted by Gasteiger charge is -2.17. The van der Waals surface area contributed by atoms with Gasteiger partial charge in [0.25, 0.3) is 5.91 Å². The first-order chi connectivity index (χ1) is 11.6. The van der Waals surface area contributed by atoms with Crippen LogP contribution in [0.3, 0.4) is 0 Å². The zero-order valence-corrected chi connectivity index (χ0v) is 15.5. The monoisotopic (exact) mass is 344 g/mol. The van der Waals surface area contributed by atoms with E-state index in [1.807, 2.05) is 19.9 Å². The molecule has 134 valence electrons. The Bertz CT molecular complexity index is 722. The SMILES string of the molecule is COc1cc(/C=C(\C#N)C(=O)NC(C)C)ccc1OC(=O)C(C)(C)C. The van der Waals surface area contributed by atoms with Crippen molar-refractivity contribution in [2.45, 2.75) is 40.7 Å². The maximum atomic E-state index is 12.0. The first-order valence-corrected chi connectivity index (χ1v) is 7.91. The number of nitrogens with one attached hydrogen (secondary N) is 1. The van der Waals surface area contributed by atoms with Gasteiger partial charge >= 0.3 is 5.97 Å². The van der Waals surface area contributed by atoms with Crippen molar-refractivity contribution < 1.29 is 19.1 Å². The number of esters is 1. The molecule has 25 heavy (non-hydrogen) atoms. The molecule has 0 unspecified atom stereocenters. The number of hydrogen-bond acceptors (Lipinski definition) is 5. The fourth-order valence-corrected chi connectivity index (χ4v) is 1.77. The number of nitriles is 1. The van der Waals surface area contributed by atoms with E-state index in [4.69, 9.17) is 9.47 Å². The molecule has 0 fully saturated rings. The summed E-state index contributed by atoms with van der Waals surface area (Å²) in [6.07, 6.45) is 1.45. The van der Waals surface area contributed by atoms with E-state index < -0.39 is 11.3 Å². The van der Waals surface area contributed by atoms with Crippen LogP contribution in [0.5, 0.6) is 11.5 Å². The number of hydrogen-bond donors (Lipinski definition) is 1. The van der Waals surface area contributed by atoms with Crippen LogP contribution in [0.2, 0.25) is 0 Å².